The van der Waals surface area contributed by atoms with E-state index in [1.807, 2.05) is 14.1 Å². The van der Waals surface area contributed by atoms with E-state index >= 15 is 0 Å². The summed E-state index contributed by atoms with van der Waals surface area (Å²) in [4.78, 5) is 12.9. The van der Waals surface area contributed by atoms with Gasteiger partial charge in [-0.05, 0) is 27.9 Å². The molecule has 0 bridgehead atoms. The van der Waals surface area contributed by atoms with Gasteiger partial charge in [-0.2, -0.15) is 0 Å². The number of rotatable bonds is 4. The van der Waals surface area contributed by atoms with Crippen LogP contribution in [0.25, 0.3) is 0 Å². The van der Waals surface area contributed by atoms with E-state index in [0.29, 0.717) is 6.54 Å². The van der Waals surface area contributed by atoms with Gasteiger partial charge in [-0.25, -0.2) is 0 Å². The van der Waals surface area contributed by atoms with Crippen molar-refractivity contribution in [2.45, 2.75) is 19.4 Å². The van der Waals surface area contributed by atoms with E-state index in [9.17, 15) is 4.79 Å². The van der Waals surface area contributed by atoms with Gasteiger partial charge in [0.1, 0.15) is 0 Å². The summed E-state index contributed by atoms with van der Waals surface area (Å²) in [6.07, 6.45) is 0. The van der Waals surface area contributed by atoms with E-state index < -0.39 is 5.54 Å². The van der Waals surface area contributed by atoms with Crippen molar-refractivity contribution in [3.8, 4) is 0 Å². The third kappa shape index (κ3) is 5.09. The number of hydrogen-bond acceptors (Lipinski definition) is 3. The Hall–Kier alpha value is -0.610. The first-order chi connectivity index (χ1) is 5.37. The predicted octanol–water partition coefficient (Wildman–Crippen LogP) is -0.565. The van der Waals surface area contributed by atoms with Gasteiger partial charge < -0.3 is 15.3 Å². The van der Waals surface area contributed by atoms with Crippen molar-refractivity contribution in [3.05, 3.63) is 0 Å². The van der Waals surface area contributed by atoms with Gasteiger partial charge in [0.25, 0.3) is 0 Å². The summed E-state index contributed by atoms with van der Waals surface area (Å²) in [5.74, 6) is -0.0703. The second kappa shape index (κ2) is 4.42. The van der Waals surface area contributed by atoms with Crippen LogP contribution in [0.5, 0.6) is 0 Å². The van der Waals surface area contributed by atoms with Crippen molar-refractivity contribution in [3.63, 3.8) is 0 Å². The molecule has 0 fully saturated rings. The standard InChI is InChI=1S/C8H18N2O2/c1-8(2,6-11)9-7(12)5-10(3)4/h11H,5-6H2,1-4H3,(H,9,12). The number of aliphatic hydroxyl groups is 1. The Morgan fingerprint density at radius 1 is 1.50 bits per heavy atom. The van der Waals surface area contributed by atoms with Crippen LogP contribution in [0.4, 0.5) is 0 Å². The number of aliphatic hydroxyl groups excluding tert-OH is 1. The molecule has 1 amide bonds. The van der Waals surface area contributed by atoms with Crippen molar-refractivity contribution in [1.29, 1.82) is 0 Å². The zero-order valence-electron chi connectivity index (χ0n) is 8.22. The molecule has 72 valence electrons. The van der Waals surface area contributed by atoms with Crippen molar-refractivity contribution >= 4 is 5.91 Å². The highest BCUT2D eigenvalue weighted by molar-refractivity contribution is 5.78. The molecular formula is C8H18N2O2. The molecule has 0 aliphatic heterocycles. The van der Waals surface area contributed by atoms with E-state index in [-0.39, 0.29) is 12.5 Å². The fourth-order valence-corrected chi connectivity index (χ4v) is 0.744. The first-order valence-corrected chi connectivity index (χ1v) is 3.94. The molecule has 0 aromatic carbocycles. The molecule has 4 heteroatoms. The molecule has 0 aromatic heterocycles. The van der Waals surface area contributed by atoms with Crippen molar-refractivity contribution in [1.82, 2.24) is 10.2 Å². The van der Waals surface area contributed by atoms with E-state index in [1.165, 1.54) is 0 Å². The highest BCUT2D eigenvalue weighted by Gasteiger charge is 2.18. The van der Waals surface area contributed by atoms with Crippen LogP contribution >= 0.6 is 0 Å². The van der Waals surface area contributed by atoms with Crippen LogP contribution in [-0.4, -0.2) is 48.7 Å². The normalized spacial score (nSPS) is 11.8. The van der Waals surface area contributed by atoms with Gasteiger partial charge in [-0.3, -0.25) is 4.79 Å². The van der Waals surface area contributed by atoms with E-state index in [2.05, 4.69) is 5.32 Å². The van der Waals surface area contributed by atoms with Crippen molar-refractivity contribution < 1.29 is 9.90 Å². The average Bonchev–Trinajstić information content (AvgIpc) is 1.84. The molecule has 0 aromatic rings. The summed E-state index contributed by atoms with van der Waals surface area (Å²) in [7, 11) is 3.65. The van der Waals surface area contributed by atoms with Gasteiger partial charge in [0.2, 0.25) is 5.91 Å². The average molecular weight is 174 g/mol. The second-order valence-corrected chi connectivity index (χ2v) is 3.83. The molecule has 0 aliphatic carbocycles. The van der Waals surface area contributed by atoms with Crippen LogP contribution in [-0.2, 0) is 4.79 Å². The molecule has 0 heterocycles. The van der Waals surface area contributed by atoms with E-state index in [4.69, 9.17) is 5.11 Å². The Kier molecular flexibility index (Phi) is 4.20. The SMILES string of the molecule is CN(C)CC(=O)NC(C)(C)CO. The first-order valence-electron chi connectivity index (χ1n) is 3.94. The summed E-state index contributed by atoms with van der Waals surface area (Å²) < 4.78 is 0. The summed E-state index contributed by atoms with van der Waals surface area (Å²) in [5.41, 5.74) is -0.521. The Balaban J connectivity index is 3.84. The zero-order valence-corrected chi connectivity index (χ0v) is 8.22. The van der Waals surface area contributed by atoms with Crippen LogP contribution in [0.3, 0.4) is 0 Å². The lowest BCUT2D eigenvalue weighted by Gasteiger charge is -2.24. The molecule has 0 unspecified atom stereocenters. The number of nitrogens with one attached hydrogen (secondary N) is 1. The van der Waals surface area contributed by atoms with Gasteiger partial charge >= 0.3 is 0 Å². The Morgan fingerprint density at radius 2 is 2.00 bits per heavy atom. The molecule has 0 rings (SSSR count). The number of nitrogens with zero attached hydrogens (tertiary/aromatic N) is 1. The van der Waals surface area contributed by atoms with Crippen molar-refractivity contribution in [2.75, 3.05) is 27.2 Å². The third-order valence-corrected chi connectivity index (χ3v) is 1.33. The van der Waals surface area contributed by atoms with Crippen LogP contribution in [0.1, 0.15) is 13.8 Å². The molecule has 0 saturated heterocycles. The van der Waals surface area contributed by atoms with E-state index in [1.54, 1.807) is 18.7 Å². The summed E-state index contributed by atoms with van der Waals surface area (Å²) in [6, 6.07) is 0. The molecular weight excluding hydrogens is 156 g/mol. The third-order valence-electron chi connectivity index (χ3n) is 1.33. The lowest BCUT2D eigenvalue weighted by Crippen LogP contribution is -2.49. The molecule has 12 heavy (non-hydrogen) atoms. The van der Waals surface area contributed by atoms with Gasteiger partial charge in [-0.1, -0.05) is 0 Å². The number of carbonyl (C=O) groups excluding carboxylic acids is 1. The molecule has 2 N–H and O–H groups in total. The molecule has 0 saturated carbocycles. The van der Waals surface area contributed by atoms with Gasteiger partial charge in [0.15, 0.2) is 0 Å². The minimum absolute atomic E-state index is 0.0494. The number of likely N-dealkylation sites (N-methyl/N-ethyl adjacent to an activating group) is 1. The lowest BCUT2D eigenvalue weighted by molar-refractivity contribution is -0.123. The zero-order chi connectivity index (χ0) is 9.78. The molecule has 0 aliphatic rings. The van der Waals surface area contributed by atoms with Crippen LogP contribution in [0, 0.1) is 0 Å². The second-order valence-electron chi connectivity index (χ2n) is 3.83. The summed E-state index contributed by atoms with van der Waals surface area (Å²) >= 11 is 0. The maximum absolute atomic E-state index is 11.2. The fourth-order valence-electron chi connectivity index (χ4n) is 0.744. The quantitative estimate of drug-likeness (QED) is 0.600. The smallest absolute Gasteiger partial charge is 0.234 e. The Labute approximate surface area is 73.6 Å². The van der Waals surface area contributed by atoms with E-state index in [0.717, 1.165) is 0 Å². The van der Waals surface area contributed by atoms with Crippen LogP contribution < -0.4 is 5.32 Å². The fraction of sp³-hybridized carbons (Fsp3) is 0.875. The molecule has 0 atom stereocenters. The first kappa shape index (κ1) is 11.4. The highest BCUT2D eigenvalue weighted by atomic mass is 16.3. The summed E-state index contributed by atoms with van der Waals surface area (Å²) in [5, 5.41) is 11.6. The monoisotopic (exact) mass is 174 g/mol. The number of carbonyl (C=O) groups is 1. The largest absolute Gasteiger partial charge is 0.394 e. The Bertz CT molecular complexity index is 155. The van der Waals surface area contributed by atoms with Crippen LogP contribution in [0.2, 0.25) is 0 Å². The van der Waals surface area contributed by atoms with Gasteiger partial charge in [0.05, 0.1) is 18.7 Å². The topological polar surface area (TPSA) is 52.6 Å². The Morgan fingerprint density at radius 3 is 2.33 bits per heavy atom. The minimum Gasteiger partial charge on any atom is -0.394 e. The number of hydrogen-bond donors (Lipinski definition) is 2. The van der Waals surface area contributed by atoms with Crippen molar-refractivity contribution in [2.24, 2.45) is 0 Å². The maximum Gasteiger partial charge on any atom is 0.234 e. The van der Waals surface area contributed by atoms with Crippen LogP contribution in [0.15, 0.2) is 0 Å². The van der Waals surface area contributed by atoms with Gasteiger partial charge in [-0.15, -0.1) is 0 Å². The minimum atomic E-state index is -0.521. The molecule has 0 radical (unpaired) electrons. The molecule has 0 spiro atoms. The lowest BCUT2D eigenvalue weighted by atomic mass is 10.1. The molecule has 4 nitrogen and oxygen atoms in total. The summed E-state index contributed by atoms with van der Waals surface area (Å²) in [6.45, 7) is 3.86. The van der Waals surface area contributed by atoms with Gasteiger partial charge in [0, 0.05) is 0 Å². The number of amides is 1. The predicted molar refractivity (Wildman–Crippen MR) is 47.9 cm³/mol. The maximum atomic E-state index is 11.2. The highest BCUT2D eigenvalue weighted by Crippen LogP contribution is 1.98.